The van der Waals surface area contributed by atoms with Crippen molar-refractivity contribution >= 4 is 27.5 Å². The fourth-order valence-electron chi connectivity index (χ4n) is 2.16. The molecule has 0 aliphatic carbocycles. The largest absolute Gasteiger partial charge is 0.495 e. The molecule has 1 heterocycles. The Morgan fingerprint density at radius 3 is 2.78 bits per heavy atom. The molecule has 0 unspecified atom stereocenters. The molecule has 0 spiro atoms. The van der Waals surface area contributed by atoms with Gasteiger partial charge in [-0.2, -0.15) is 0 Å². The fraction of sp³-hybridized carbons (Fsp3) is 0.0714. The van der Waals surface area contributed by atoms with Crippen LogP contribution < -0.4 is 15.9 Å². The molecule has 4 heteroatoms. The van der Waals surface area contributed by atoms with Crippen LogP contribution >= 0.6 is 0 Å². The van der Waals surface area contributed by atoms with Gasteiger partial charge in [-0.3, -0.25) is 4.79 Å². The normalized spacial score (nSPS) is 10.9. The molecule has 0 saturated heterocycles. The molecule has 4 nitrogen and oxygen atoms in total. The molecular weight excluding hydrogens is 228 g/mol. The van der Waals surface area contributed by atoms with E-state index in [-0.39, 0.29) is 5.43 Å². The summed E-state index contributed by atoms with van der Waals surface area (Å²) >= 11 is 0. The monoisotopic (exact) mass is 240 g/mol. The third-order valence-electron chi connectivity index (χ3n) is 3.04. The van der Waals surface area contributed by atoms with Gasteiger partial charge in [0.05, 0.1) is 18.1 Å². The average Bonchev–Trinajstić information content (AvgIpc) is 2.38. The quantitative estimate of drug-likeness (QED) is 0.506. The summed E-state index contributed by atoms with van der Waals surface area (Å²) in [5.41, 5.74) is 7.75. The molecule has 0 aliphatic rings. The molecule has 3 rings (SSSR count). The molecule has 0 radical (unpaired) electrons. The predicted octanol–water partition coefficient (Wildman–Crippen LogP) is 2.27. The van der Waals surface area contributed by atoms with E-state index in [2.05, 4.69) is 4.98 Å². The number of aromatic amines is 1. The van der Waals surface area contributed by atoms with Crippen LogP contribution in [0, 0.1) is 0 Å². The van der Waals surface area contributed by atoms with E-state index >= 15 is 0 Å². The Morgan fingerprint density at radius 1 is 1.17 bits per heavy atom. The number of nitrogens with one attached hydrogen (secondary N) is 1. The Labute approximate surface area is 103 Å². The van der Waals surface area contributed by atoms with Gasteiger partial charge in [-0.25, -0.2) is 0 Å². The maximum Gasteiger partial charge on any atom is 0.197 e. The second kappa shape index (κ2) is 3.77. The van der Waals surface area contributed by atoms with E-state index in [1.54, 1.807) is 37.4 Å². The van der Waals surface area contributed by atoms with Crippen molar-refractivity contribution in [3.05, 3.63) is 46.6 Å². The van der Waals surface area contributed by atoms with Gasteiger partial charge in [0, 0.05) is 16.5 Å². The number of hydrogen-bond acceptors (Lipinski definition) is 3. The Bertz CT molecular complexity index is 806. The molecule has 0 amide bonds. The number of H-pyrrole nitrogens is 1. The van der Waals surface area contributed by atoms with Crippen molar-refractivity contribution < 1.29 is 4.74 Å². The zero-order chi connectivity index (χ0) is 12.7. The first-order chi connectivity index (χ1) is 8.70. The molecule has 18 heavy (non-hydrogen) atoms. The van der Waals surface area contributed by atoms with E-state index in [0.717, 1.165) is 5.52 Å². The van der Waals surface area contributed by atoms with Gasteiger partial charge in [0.15, 0.2) is 5.43 Å². The van der Waals surface area contributed by atoms with E-state index in [1.165, 1.54) is 0 Å². The summed E-state index contributed by atoms with van der Waals surface area (Å²) in [6.45, 7) is 0. The number of aromatic nitrogens is 1. The van der Waals surface area contributed by atoms with E-state index in [0.29, 0.717) is 27.7 Å². The van der Waals surface area contributed by atoms with E-state index in [9.17, 15) is 4.79 Å². The molecule has 2 aromatic carbocycles. The average molecular weight is 240 g/mol. The minimum absolute atomic E-state index is 0.0161. The molecule has 0 aliphatic heterocycles. The number of ether oxygens (including phenoxy) is 1. The highest BCUT2D eigenvalue weighted by Gasteiger charge is 2.08. The lowest BCUT2D eigenvalue weighted by Crippen LogP contribution is -2.05. The number of anilines is 1. The van der Waals surface area contributed by atoms with Crippen molar-refractivity contribution in [2.45, 2.75) is 0 Å². The van der Waals surface area contributed by atoms with Gasteiger partial charge >= 0.3 is 0 Å². The van der Waals surface area contributed by atoms with Crippen LogP contribution in [0.1, 0.15) is 0 Å². The molecular formula is C14H12N2O2. The van der Waals surface area contributed by atoms with E-state index < -0.39 is 0 Å². The highest BCUT2D eigenvalue weighted by atomic mass is 16.5. The highest BCUT2D eigenvalue weighted by molar-refractivity contribution is 5.96. The van der Waals surface area contributed by atoms with Gasteiger partial charge in [0.2, 0.25) is 0 Å². The number of fused-ring (bicyclic) bond motifs is 2. The third-order valence-corrected chi connectivity index (χ3v) is 3.04. The van der Waals surface area contributed by atoms with Crippen molar-refractivity contribution in [2.75, 3.05) is 12.8 Å². The van der Waals surface area contributed by atoms with Crippen LogP contribution in [0.15, 0.2) is 41.2 Å². The van der Waals surface area contributed by atoms with Crippen LogP contribution in [0.3, 0.4) is 0 Å². The molecule has 0 saturated carbocycles. The maximum absolute atomic E-state index is 12.4. The van der Waals surface area contributed by atoms with E-state index in [1.807, 2.05) is 6.07 Å². The molecule has 0 fully saturated rings. The number of nitrogen functional groups attached to an aromatic ring is 1. The van der Waals surface area contributed by atoms with Crippen molar-refractivity contribution in [1.29, 1.82) is 0 Å². The van der Waals surface area contributed by atoms with Crippen LogP contribution in [-0.4, -0.2) is 12.1 Å². The predicted molar refractivity (Wildman–Crippen MR) is 73.0 cm³/mol. The Balaban J connectivity index is 2.56. The summed E-state index contributed by atoms with van der Waals surface area (Å²) in [6.07, 6.45) is 0. The van der Waals surface area contributed by atoms with Crippen LogP contribution in [-0.2, 0) is 0 Å². The maximum atomic E-state index is 12.4. The molecule has 0 bridgehead atoms. The summed E-state index contributed by atoms with van der Waals surface area (Å²) in [5, 5.41) is 1.25. The number of pyridine rings is 1. The Morgan fingerprint density at radius 2 is 2.00 bits per heavy atom. The summed E-state index contributed by atoms with van der Waals surface area (Å²) in [5.74, 6) is 0.647. The number of methoxy groups -OCH3 is 1. The lowest BCUT2D eigenvalue weighted by atomic mass is 10.1. The second-order valence-electron chi connectivity index (χ2n) is 4.14. The smallest absolute Gasteiger partial charge is 0.197 e. The van der Waals surface area contributed by atoms with Crippen molar-refractivity contribution in [2.24, 2.45) is 0 Å². The molecule has 1 aromatic heterocycles. The second-order valence-corrected chi connectivity index (χ2v) is 4.14. The zero-order valence-electron chi connectivity index (χ0n) is 9.86. The van der Waals surface area contributed by atoms with Crippen LogP contribution in [0.4, 0.5) is 5.69 Å². The number of rotatable bonds is 1. The summed E-state index contributed by atoms with van der Waals surface area (Å²) in [4.78, 5) is 15.6. The first kappa shape index (κ1) is 10.7. The van der Waals surface area contributed by atoms with Gasteiger partial charge < -0.3 is 15.5 Å². The summed E-state index contributed by atoms with van der Waals surface area (Å²) < 4.78 is 5.26. The zero-order valence-corrected chi connectivity index (χ0v) is 9.86. The Hall–Kier alpha value is -2.49. The van der Waals surface area contributed by atoms with Gasteiger partial charge in [0.25, 0.3) is 0 Å². The molecule has 3 N–H and O–H groups in total. The summed E-state index contributed by atoms with van der Waals surface area (Å²) in [7, 11) is 1.58. The lowest BCUT2D eigenvalue weighted by Gasteiger charge is -2.07. The third kappa shape index (κ3) is 1.43. The fourth-order valence-corrected chi connectivity index (χ4v) is 2.16. The molecule has 0 atom stereocenters. The van der Waals surface area contributed by atoms with Crippen molar-refractivity contribution in [1.82, 2.24) is 4.98 Å². The first-order valence-corrected chi connectivity index (χ1v) is 5.59. The number of para-hydroxylation sites is 1. The molecule has 3 aromatic rings. The van der Waals surface area contributed by atoms with Gasteiger partial charge in [-0.05, 0) is 30.3 Å². The standard InChI is InChI=1S/C14H12N2O2/c1-18-12-4-2-3-10-13(12)16-11-7-8(15)5-6-9(11)14(10)17/h2-7H,15H2,1H3,(H,16,17). The minimum atomic E-state index is -0.0161. The van der Waals surface area contributed by atoms with Gasteiger partial charge in [-0.1, -0.05) is 6.07 Å². The highest BCUT2D eigenvalue weighted by Crippen LogP contribution is 2.24. The van der Waals surface area contributed by atoms with Gasteiger partial charge in [-0.15, -0.1) is 0 Å². The van der Waals surface area contributed by atoms with Crippen LogP contribution in [0.2, 0.25) is 0 Å². The lowest BCUT2D eigenvalue weighted by molar-refractivity contribution is 0.419. The summed E-state index contributed by atoms with van der Waals surface area (Å²) in [6, 6.07) is 10.6. The number of hydrogen-bond donors (Lipinski definition) is 2. The van der Waals surface area contributed by atoms with Crippen LogP contribution in [0.5, 0.6) is 5.75 Å². The van der Waals surface area contributed by atoms with Crippen molar-refractivity contribution in [3.63, 3.8) is 0 Å². The number of nitrogens with two attached hydrogens (primary N) is 1. The Kier molecular flexibility index (Phi) is 2.23. The van der Waals surface area contributed by atoms with Crippen molar-refractivity contribution in [3.8, 4) is 5.75 Å². The molecule has 90 valence electrons. The SMILES string of the molecule is COc1cccc2c(=O)c3ccc(N)cc3[nH]c12. The topological polar surface area (TPSA) is 68.1 Å². The van der Waals surface area contributed by atoms with Crippen LogP contribution in [0.25, 0.3) is 21.8 Å². The van der Waals surface area contributed by atoms with E-state index in [4.69, 9.17) is 10.5 Å². The first-order valence-electron chi connectivity index (χ1n) is 5.59. The number of benzene rings is 2. The minimum Gasteiger partial charge on any atom is -0.495 e. The van der Waals surface area contributed by atoms with Gasteiger partial charge in [0.1, 0.15) is 5.75 Å².